The molecule has 1 atom stereocenters. The van der Waals surface area contributed by atoms with E-state index in [1.807, 2.05) is 24.1 Å². The monoisotopic (exact) mass is 286 g/mol. The van der Waals surface area contributed by atoms with Crippen molar-refractivity contribution >= 4 is 21.6 Å². The number of aromatic nitrogens is 3. The molecule has 3 rings (SSSR count). The van der Waals surface area contributed by atoms with Gasteiger partial charge in [0.1, 0.15) is 0 Å². The van der Waals surface area contributed by atoms with Crippen LogP contribution in [0.4, 0.5) is 0 Å². The maximum Gasteiger partial charge on any atom is 0.0809 e. The fourth-order valence-corrected chi connectivity index (χ4v) is 3.15. The van der Waals surface area contributed by atoms with Crippen LogP contribution in [-0.2, 0) is 13.0 Å². The van der Waals surface area contributed by atoms with Gasteiger partial charge in [0.25, 0.3) is 0 Å². The van der Waals surface area contributed by atoms with Crippen molar-refractivity contribution in [1.29, 1.82) is 0 Å². The number of pyridine rings is 1. The number of hydrogen-bond acceptors (Lipinski definition) is 4. The highest BCUT2D eigenvalue weighted by Gasteiger charge is 2.13. The van der Waals surface area contributed by atoms with Gasteiger partial charge in [-0.05, 0) is 49.0 Å². The first-order chi connectivity index (χ1) is 9.80. The second-order valence-electron chi connectivity index (χ2n) is 4.82. The Labute approximate surface area is 122 Å². The first-order valence-corrected chi connectivity index (χ1v) is 7.70. The van der Waals surface area contributed by atoms with E-state index in [0.717, 1.165) is 18.5 Å². The predicted octanol–water partition coefficient (Wildman–Crippen LogP) is 3.02. The van der Waals surface area contributed by atoms with E-state index in [9.17, 15) is 0 Å². The Hall–Kier alpha value is -1.72. The van der Waals surface area contributed by atoms with Gasteiger partial charge in [0, 0.05) is 25.0 Å². The van der Waals surface area contributed by atoms with Crippen LogP contribution in [0.2, 0.25) is 0 Å². The zero-order valence-corrected chi connectivity index (χ0v) is 12.5. The molecular formula is C15H18N4S. The van der Waals surface area contributed by atoms with Gasteiger partial charge in [0.15, 0.2) is 0 Å². The van der Waals surface area contributed by atoms with Crippen LogP contribution < -0.4 is 5.32 Å². The summed E-state index contributed by atoms with van der Waals surface area (Å²) in [5.74, 6) is 0. The fraction of sp³-hybridized carbons (Fsp3) is 0.333. The van der Waals surface area contributed by atoms with Crippen LogP contribution in [0.25, 0.3) is 10.2 Å². The van der Waals surface area contributed by atoms with Gasteiger partial charge in [0.2, 0.25) is 0 Å². The molecule has 3 aromatic rings. The average Bonchev–Trinajstić information content (AvgIpc) is 3.12. The topological polar surface area (TPSA) is 42.7 Å². The predicted molar refractivity (Wildman–Crippen MR) is 83.0 cm³/mol. The van der Waals surface area contributed by atoms with Crippen molar-refractivity contribution in [3.8, 4) is 0 Å². The van der Waals surface area contributed by atoms with Gasteiger partial charge in [0.05, 0.1) is 16.4 Å². The van der Waals surface area contributed by atoms with Gasteiger partial charge in [-0.3, -0.25) is 9.67 Å². The number of hydrogen-bond donors (Lipinski definition) is 1. The standard InChI is InChI=1S/C15H18N4S/c1-3-19-10-11(8-18-19)6-14(16-2)12-7-15-13(17-9-12)4-5-20-15/h4-5,7-10,14,16H,3,6H2,1-2H3. The van der Waals surface area contributed by atoms with E-state index < -0.39 is 0 Å². The molecule has 0 saturated heterocycles. The Balaban J connectivity index is 1.84. The van der Waals surface area contributed by atoms with Gasteiger partial charge in [-0.25, -0.2) is 0 Å². The second-order valence-corrected chi connectivity index (χ2v) is 5.77. The molecule has 3 heterocycles. The highest BCUT2D eigenvalue weighted by atomic mass is 32.1. The summed E-state index contributed by atoms with van der Waals surface area (Å²) in [7, 11) is 1.99. The zero-order valence-electron chi connectivity index (χ0n) is 11.7. The van der Waals surface area contributed by atoms with Crippen molar-refractivity contribution in [3.63, 3.8) is 0 Å². The van der Waals surface area contributed by atoms with Crippen LogP contribution in [0.5, 0.6) is 0 Å². The van der Waals surface area contributed by atoms with Gasteiger partial charge < -0.3 is 5.32 Å². The summed E-state index contributed by atoms with van der Waals surface area (Å²) in [5, 5.41) is 9.80. The molecule has 20 heavy (non-hydrogen) atoms. The average molecular weight is 286 g/mol. The van der Waals surface area contributed by atoms with Crippen molar-refractivity contribution < 1.29 is 0 Å². The first-order valence-electron chi connectivity index (χ1n) is 6.82. The Bertz CT molecular complexity index is 701. The van der Waals surface area contributed by atoms with Gasteiger partial charge >= 0.3 is 0 Å². The first kappa shape index (κ1) is 13.3. The molecule has 0 amide bonds. The molecule has 0 spiro atoms. The summed E-state index contributed by atoms with van der Waals surface area (Å²) in [5.41, 5.74) is 3.55. The van der Waals surface area contributed by atoms with E-state index in [1.165, 1.54) is 15.8 Å². The maximum absolute atomic E-state index is 4.52. The summed E-state index contributed by atoms with van der Waals surface area (Å²) in [4.78, 5) is 4.52. The molecule has 0 saturated carbocycles. The molecule has 5 heteroatoms. The van der Waals surface area contributed by atoms with Crippen LogP contribution in [-0.4, -0.2) is 21.8 Å². The lowest BCUT2D eigenvalue weighted by Crippen LogP contribution is -2.18. The third kappa shape index (κ3) is 2.59. The minimum Gasteiger partial charge on any atom is -0.313 e. The molecule has 0 aliphatic carbocycles. The smallest absolute Gasteiger partial charge is 0.0809 e. The summed E-state index contributed by atoms with van der Waals surface area (Å²) >= 11 is 1.74. The summed E-state index contributed by atoms with van der Waals surface area (Å²) < 4.78 is 3.20. The molecule has 104 valence electrons. The number of fused-ring (bicyclic) bond motifs is 1. The quantitative estimate of drug-likeness (QED) is 0.784. The molecule has 0 fully saturated rings. The van der Waals surface area contributed by atoms with Crippen molar-refractivity contribution in [3.05, 3.63) is 47.2 Å². The number of aryl methyl sites for hydroxylation is 1. The van der Waals surface area contributed by atoms with E-state index in [4.69, 9.17) is 0 Å². The lowest BCUT2D eigenvalue weighted by molar-refractivity contribution is 0.589. The molecule has 4 nitrogen and oxygen atoms in total. The SMILES string of the molecule is CCn1cc(CC(NC)c2cnc3ccsc3c2)cn1. The number of nitrogens with zero attached hydrogens (tertiary/aromatic N) is 3. The molecule has 1 N–H and O–H groups in total. The zero-order chi connectivity index (χ0) is 13.9. The van der Waals surface area contributed by atoms with Crippen LogP contribution in [0.15, 0.2) is 36.1 Å². The van der Waals surface area contributed by atoms with Crippen LogP contribution >= 0.6 is 11.3 Å². The third-order valence-electron chi connectivity index (χ3n) is 3.53. The number of rotatable bonds is 5. The summed E-state index contributed by atoms with van der Waals surface area (Å²) in [6, 6.07) is 4.56. The molecule has 0 aliphatic rings. The normalized spacial score (nSPS) is 12.9. The maximum atomic E-state index is 4.52. The van der Waals surface area contributed by atoms with Crippen LogP contribution in [0.1, 0.15) is 24.1 Å². The number of thiophene rings is 1. The molecule has 0 aliphatic heterocycles. The minimum absolute atomic E-state index is 0.267. The van der Waals surface area contributed by atoms with E-state index in [0.29, 0.717) is 0 Å². The fourth-order valence-electron chi connectivity index (χ4n) is 2.36. The Morgan fingerprint density at radius 1 is 1.40 bits per heavy atom. The largest absolute Gasteiger partial charge is 0.313 e. The van der Waals surface area contributed by atoms with Crippen LogP contribution in [0.3, 0.4) is 0 Å². The van der Waals surface area contributed by atoms with E-state index in [2.05, 4.69) is 46.0 Å². The Kier molecular flexibility index (Phi) is 3.80. The van der Waals surface area contributed by atoms with Crippen LogP contribution in [0, 0.1) is 0 Å². The lowest BCUT2D eigenvalue weighted by Gasteiger charge is -2.15. The Morgan fingerprint density at radius 3 is 3.05 bits per heavy atom. The summed E-state index contributed by atoms with van der Waals surface area (Å²) in [6.07, 6.45) is 6.96. The number of likely N-dealkylation sites (N-methyl/N-ethyl adjacent to an activating group) is 1. The molecule has 1 unspecified atom stereocenters. The van der Waals surface area contributed by atoms with Gasteiger partial charge in [-0.2, -0.15) is 5.10 Å². The number of nitrogens with one attached hydrogen (secondary N) is 1. The van der Waals surface area contributed by atoms with Crippen molar-refractivity contribution in [2.75, 3.05) is 7.05 Å². The van der Waals surface area contributed by atoms with Crippen molar-refractivity contribution in [2.24, 2.45) is 0 Å². The highest BCUT2D eigenvalue weighted by Crippen LogP contribution is 2.24. The van der Waals surface area contributed by atoms with Gasteiger partial charge in [-0.15, -0.1) is 11.3 Å². The van der Waals surface area contributed by atoms with Gasteiger partial charge in [-0.1, -0.05) is 0 Å². The second kappa shape index (κ2) is 5.73. The van der Waals surface area contributed by atoms with E-state index >= 15 is 0 Å². The molecule has 3 aromatic heterocycles. The minimum atomic E-state index is 0.267. The molecule has 0 radical (unpaired) electrons. The molecular weight excluding hydrogens is 268 g/mol. The third-order valence-corrected chi connectivity index (χ3v) is 4.38. The summed E-state index contributed by atoms with van der Waals surface area (Å²) in [6.45, 7) is 3.01. The molecule has 0 bridgehead atoms. The van der Waals surface area contributed by atoms with Crippen molar-refractivity contribution in [2.45, 2.75) is 25.9 Å². The Morgan fingerprint density at radius 2 is 2.30 bits per heavy atom. The molecule has 0 aromatic carbocycles. The lowest BCUT2D eigenvalue weighted by atomic mass is 10.0. The van der Waals surface area contributed by atoms with E-state index in [-0.39, 0.29) is 6.04 Å². The van der Waals surface area contributed by atoms with Crippen molar-refractivity contribution in [1.82, 2.24) is 20.1 Å². The highest BCUT2D eigenvalue weighted by molar-refractivity contribution is 7.17. The van der Waals surface area contributed by atoms with E-state index in [1.54, 1.807) is 11.3 Å².